The summed E-state index contributed by atoms with van der Waals surface area (Å²) in [6.07, 6.45) is 3.99. The molecule has 0 aromatic heterocycles. The van der Waals surface area contributed by atoms with Crippen LogP contribution < -0.4 is 14.2 Å². The molecule has 2 aliphatic rings. The van der Waals surface area contributed by atoms with Crippen molar-refractivity contribution < 1.29 is 14.2 Å². The van der Waals surface area contributed by atoms with Gasteiger partial charge in [-0.3, -0.25) is 0 Å². The summed E-state index contributed by atoms with van der Waals surface area (Å²) in [6, 6.07) is 3.82. The molecule has 3 nitrogen and oxygen atoms in total. The summed E-state index contributed by atoms with van der Waals surface area (Å²) in [5.41, 5.74) is 0.994. The van der Waals surface area contributed by atoms with Crippen molar-refractivity contribution in [3.63, 3.8) is 0 Å². The van der Waals surface area contributed by atoms with Crippen molar-refractivity contribution in [2.75, 3.05) is 19.8 Å². The molecule has 0 saturated carbocycles. The minimum atomic E-state index is 0.608. The average molecular weight is 190 g/mol. The lowest BCUT2D eigenvalue weighted by atomic mass is 10.1. The van der Waals surface area contributed by atoms with Crippen molar-refractivity contribution in [3.05, 3.63) is 23.8 Å². The van der Waals surface area contributed by atoms with Crippen molar-refractivity contribution in [1.82, 2.24) is 0 Å². The quantitative estimate of drug-likeness (QED) is 0.625. The summed E-state index contributed by atoms with van der Waals surface area (Å²) < 4.78 is 16.5. The van der Waals surface area contributed by atoms with E-state index in [-0.39, 0.29) is 0 Å². The second-order valence-corrected chi connectivity index (χ2v) is 3.21. The second kappa shape index (κ2) is 2.94. The summed E-state index contributed by atoms with van der Waals surface area (Å²) in [5.74, 6) is 2.49. The van der Waals surface area contributed by atoms with Crippen LogP contribution in [0.25, 0.3) is 6.08 Å². The van der Waals surface area contributed by atoms with Gasteiger partial charge in [-0.15, -0.1) is 0 Å². The lowest BCUT2D eigenvalue weighted by molar-refractivity contribution is 0.170. The normalized spacial score (nSPS) is 17.1. The van der Waals surface area contributed by atoms with Crippen LogP contribution in [0.2, 0.25) is 0 Å². The molecule has 0 atom stereocenters. The number of hydrogen-bond donors (Lipinski definition) is 0. The molecule has 0 aliphatic carbocycles. The molecule has 0 spiro atoms. The van der Waals surface area contributed by atoms with Crippen LogP contribution >= 0.6 is 0 Å². The monoisotopic (exact) mass is 190 g/mol. The Morgan fingerprint density at radius 1 is 0.929 bits per heavy atom. The van der Waals surface area contributed by atoms with Gasteiger partial charge >= 0.3 is 0 Å². The lowest BCUT2D eigenvalue weighted by Gasteiger charge is -2.23. The van der Waals surface area contributed by atoms with Crippen LogP contribution in [0.4, 0.5) is 0 Å². The van der Waals surface area contributed by atoms with Crippen molar-refractivity contribution in [2.24, 2.45) is 0 Å². The highest BCUT2D eigenvalue weighted by molar-refractivity contribution is 5.70. The Balaban J connectivity index is 2.18. The van der Waals surface area contributed by atoms with E-state index in [1.807, 2.05) is 24.3 Å². The van der Waals surface area contributed by atoms with Crippen LogP contribution in [0.15, 0.2) is 18.2 Å². The maximum Gasteiger partial charge on any atom is 0.172 e. The Bertz CT molecular complexity index is 396. The predicted octanol–water partition coefficient (Wildman–Crippen LogP) is 1.86. The van der Waals surface area contributed by atoms with Crippen LogP contribution in [0.1, 0.15) is 5.56 Å². The van der Waals surface area contributed by atoms with Crippen molar-refractivity contribution >= 4 is 6.08 Å². The van der Waals surface area contributed by atoms with E-state index in [1.54, 1.807) is 0 Å². The number of fused-ring (bicyclic) bond motifs is 3. The van der Waals surface area contributed by atoms with Gasteiger partial charge in [0.15, 0.2) is 11.5 Å². The zero-order valence-electron chi connectivity index (χ0n) is 7.66. The SMILES string of the molecule is C1=Cc2c(ccc3c2OCCO3)OC1. The van der Waals surface area contributed by atoms with E-state index in [2.05, 4.69) is 0 Å². The topological polar surface area (TPSA) is 27.7 Å². The number of hydrogen-bond acceptors (Lipinski definition) is 3. The van der Waals surface area contributed by atoms with Gasteiger partial charge in [0.25, 0.3) is 0 Å². The van der Waals surface area contributed by atoms with E-state index < -0.39 is 0 Å². The van der Waals surface area contributed by atoms with Gasteiger partial charge in [-0.25, -0.2) is 0 Å². The summed E-state index contributed by atoms with van der Waals surface area (Å²) >= 11 is 0. The molecule has 0 fully saturated rings. The zero-order chi connectivity index (χ0) is 9.38. The predicted molar refractivity (Wildman–Crippen MR) is 52.0 cm³/mol. The van der Waals surface area contributed by atoms with Crippen LogP contribution in [0.5, 0.6) is 17.2 Å². The molecule has 0 saturated heterocycles. The van der Waals surface area contributed by atoms with Gasteiger partial charge in [0.2, 0.25) is 0 Å². The van der Waals surface area contributed by atoms with Crippen molar-refractivity contribution in [2.45, 2.75) is 0 Å². The third kappa shape index (κ3) is 1.05. The fourth-order valence-electron chi connectivity index (χ4n) is 1.71. The average Bonchev–Trinajstić information content (AvgIpc) is 2.29. The number of rotatable bonds is 0. The first kappa shape index (κ1) is 7.74. The van der Waals surface area contributed by atoms with E-state index in [4.69, 9.17) is 14.2 Å². The smallest absolute Gasteiger partial charge is 0.172 e. The Labute approximate surface area is 81.9 Å². The van der Waals surface area contributed by atoms with E-state index in [9.17, 15) is 0 Å². The van der Waals surface area contributed by atoms with Crippen LogP contribution in [-0.4, -0.2) is 19.8 Å². The van der Waals surface area contributed by atoms with Gasteiger partial charge < -0.3 is 14.2 Å². The maximum absolute atomic E-state index is 5.57. The molecule has 2 heterocycles. The van der Waals surface area contributed by atoms with Crippen LogP contribution in [-0.2, 0) is 0 Å². The minimum Gasteiger partial charge on any atom is -0.489 e. The fourth-order valence-corrected chi connectivity index (χ4v) is 1.71. The molecule has 0 unspecified atom stereocenters. The first-order chi connectivity index (χ1) is 6.95. The van der Waals surface area contributed by atoms with Gasteiger partial charge in [-0.2, -0.15) is 0 Å². The summed E-state index contributed by atoms with van der Waals surface area (Å²) in [7, 11) is 0. The molecule has 1 aromatic carbocycles. The molecule has 14 heavy (non-hydrogen) atoms. The Hall–Kier alpha value is -1.64. The third-order valence-electron chi connectivity index (χ3n) is 2.33. The molecule has 3 rings (SSSR count). The zero-order valence-corrected chi connectivity index (χ0v) is 7.66. The molecule has 0 radical (unpaired) electrons. The number of ether oxygens (including phenoxy) is 3. The Morgan fingerprint density at radius 2 is 1.79 bits per heavy atom. The molecule has 0 bridgehead atoms. The van der Waals surface area contributed by atoms with Gasteiger partial charge in [0.1, 0.15) is 25.6 Å². The molecule has 72 valence electrons. The summed E-state index contributed by atoms with van der Waals surface area (Å²) in [4.78, 5) is 0. The van der Waals surface area contributed by atoms with Gasteiger partial charge in [-0.1, -0.05) is 0 Å². The van der Waals surface area contributed by atoms with Gasteiger partial charge in [-0.05, 0) is 24.3 Å². The Kier molecular flexibility index (Phi) is 1.63. The highest BCUT2D eigenvalue weighted by Gasteiger charge is 2.19. The lowest BCUT2D eigenvalue weighted by Crippen LogP contribution is -2.17. The van der Waals surface area contributed by atoms with E-state index >= 15 is 0 Å². The second-order valence-electron chi connectivity index (χ2n) is 3.21. The largest absolute Gasteiger partial charge is 0.489 e. The highest BCUT2D eigenvalue weighted by atomic mass is 16.6. The standard InChI is InChI=1S/C11H10O3/c1-2-8-9(12-5-1)3-4-10-11(8)14-7-6-13-10/h1-4H,5-7H2. The minimum absolute atomic E-state index is 0.608. The van der Waals surface area contributed by atoms with Crippen LogP contribution in [0.3, 0.4) is 0 Å². The third-order valence-corrected chi connectivity index (χ3v) is 2.33. The molecule has 1 aromatic rings. The molecule has 2 aliphatic heterocycles. The first-order valence-electron chi connectivity index (χ1n) is 4.67. The maximum atomic E-state index is 5.57. The molecular formula is C11H10O3. The van der Waals surface area contributed by atoms with E-state index in [0.717, 1.165) is 22.8 Å². The van der Waals surface area contributed by atoms with Crippen molar-refractivity contribution in [1.29, 1.82) is 0 Å². The fraction of sp³-hybridized carbons (Fsp3) is 0.273. The molecule has 3 heteroatoms. The molecule has 0 N–H and O–H groups in total. The first-order valence-corrected chi connectivity index (χ1v) is 4.67. The van der Waals surface area contributed by atoms with E-state index in [1.165, 1.54) is 0 Å². The molecular weight excluding hydrogens is 180 g/mol. The van der Waals surface area contributed by atoms with Gasteiger partial charge in [0, 0.05) is 0 Å². The van der Waals surface area contributed by atoms with Gasteiger partial charge in [0.05, 0.1) is 5.56 Å². The molecule has 0 amide bonds. The highest BCUT2D eigenvalue weighted by Crippen LogP contribution is 2.41. The summed E-state index contributed by atoms with van der Waals surface area (Å²) in [5, 5.41) is 0. The Morgan fingerprint density at radius 3 is 2.79 bits per heavy atom. The summed E-state index contributed by atoms with van der Waals surface area (Å²) in [6.45, 7) is 1.86. The number of benzene rings is 1. The van der Waals surface area contributed by atoms with E-state index in [0.29, 0.717) is 19.8 Å². The van der Waals surface area contributed by atoms with Crippen molar-refractivity contribution in [3.8, 4) is 17.2 Å². The van der Waals surface area contributed by atoms with Crippen LogP contribution in [0, 0.1) is 0 Å².